The zero-order valence-corrected chi connectivity index (χ0v) is 23.3. The third-order valence-corrected chi connectivity index (χ3v) is 9.53. The first-order valence-electron chi connectivity index (χ1n) is 14.2. The SMILES string of the molecule is COc1ccc(C2O[C@H](CC[C@H](CCCC(C)(C)O)[C@H]3CC[C@H]4C(=O)CCC[C@]34C)C(C)(C)O2)cc1. The summed E-state index contributed by atoms with van der Waals surface area (Å²) in [4.78, 5) is 12.8. The van der Waals surface area contributed by atoms with Gasteiger partial charge < -0.3 is 19.3 Å². The molecule has 0 aromatic heterocycles. The van der Waals surface area contributed by atoms with Crippen LogP contribution in [0.1, 0.15) is 111 Å². The number of ether oxygens (including phenoxy) is 3. The molecule has 0 radical (unpaired) electrons. The summed E-state index contributed by atoms with van der Waals surface area (Å²) in [6.07, 6.45) is 9.76. The summed E-state index contributed by atoms with van der Waals surface area (Å²) in [5.41, 5.74) is 0.136. The van der Waals surface area contributed by atoms with Gasteiger partial charge in [0.2, 0.25) is 0 Å². The van der Waals surface area contributed by atoms with Crippen LogP contribution in [0.5, 0.6) is 5.75 Å². The number of carbonyl (C=O) groups is 1. The lowest BCUT2D eigenvalue weighted by Gasteiger charge is -2.43. The summed E-state index contributed by atoms with van der Waals surface area (Å²) in [7, 11) is 1.67. The van der Waals surface area contributed by atoms with Crippen molar-refractivity contribution in [3.63, 3.8) is 0 Å². The number of hydrogen-bond donors (Lipinski definition) is 1. The molecule has 1 aliphatic heterocycles. The molecule has 0 spiro atoms. The quantitative estimate of drug-likeness (QED) is 0.374. The van der Waals surface area contributed by atoms with Crippen molar-refractivity contribution in [2.75, 3.05) is 7.11 Å². The first kappa shape index (κ1) is 27.6. The smallest absolute Gasteiger partial charge is 0.185 e. The van der Waals surface area contributed by atoms with Gasteiger partial charge >= 0.3 is 0 Å². The number of Topliss-reactive ketones (excluding diaryl/α,β-unsaturated/α-hetero) is 1. The van der Waals surface area contributed by atoms with Gasteiger partial charge in [-0.1, -0.05) is 31.9 Å². The average Bonchev–Trinajstić information content (AvgIpc) is 3.32. The van der Waals surface area contributed by atoms with E-state index in [0.29, 0.717) is 17.6 Å². The average molecular weight is 501 g/mol. The highest BCUT2D eigenvalue weighted by atomic mass is 16.7. The summed E-state index contributed by atoms with van der Waals surface area (Å²) >= 11 is 0. The molecule has 3 aliphatic rings. The molecule has 0 bridgehead atoms. The van der Waals surface area contributed by atoms with Crippen LogP contribution in [0.2, 0.25) is 0 Å². The number of ketones is 1. The molecule has 4 rings (SSSR count). The van der Waals surface area contributed by atoms with E-state index in [4.69, 9.17) is 14.2 Å². The fraction of sp³-hybridized carbons (Fsp3) is 0.774. The van der Waals surface area contributed by atoms with Crippen LogP contribution in [0.4, 0.5) is 0 Å². The maximum atomic E-state index is 12.8. The third kappa shape index (κ3) is 6.00. The predicted molar refractivity (Wildman–Crippen MR) is 142 cm³/mol. The van der Waals surface area contributed by atoms with E-state index in [9.17, 15) is 9.90 Å². The molecular formula is C31H48O5. The number of rotatable bonds is 10. The molecule has 2 aliphatic carbocycles. The van der Waals surface area contributed by atoms with Gasteiger partial charge in [0.05, 0.1) is 24.4 Å². The number of aliphatic hydroxyl groups is 1. The maximum absolute atomic E-state index is 12.8. The Morgan fingerprint density at radius 1 is 1.14 bits per heavy atom. The summed E-state index contributed by atoms with van der Waals surface area (Å²) < 4.78 is 18.2. The Balaban J connectivity index is 1.45. The Hall–Kier alpha value is -1.43. The van der Waals surface area contributed by atoms with E-state index in [1.54, 1.807) is 7.11 Å². The minimum atomic E-state index is -0.635. The first-order chi connectivity index (χ1) is 16.9. The number of benzene rings is 1. The van der Waals surface area contributed by atoms with Gasteiger partial charge in [0, 0.05) is 17.9 Å². The van der Waals surface area contributed by atoms with Gasteiger partial charge in [0.25, 0.3) is 0 Å². The lowest BCUT2D eigenvalue weighted by Crippen LogP contribution is -2.40. The van der Waals surface area contributed by atoms with Gasteiger partial charge in [-0.3, -0.25) is 4.79 Å². The molecule has 1 aromatic rings. The van der Waals surface area contributed by atoms with E-state index in [-0.39, 0.29) is 29.3 Å². The van der Waals surface area contributed by atoms with Crippen molar-refractivity contribution in [1.29, 1.82) is 0 Å². The van der Waals surface area contributed by atoms with Crippen LogP contribution < -0.4 is 4.74 Å². The highest BCUT2D eigenvalue weighted by Crippen LogP contribution is 2.58. The second kappa shape index (κ2) is 10.7. The minimum Gasteiger partial charge on any atom is -0.497 e. The van der Waals surface area contributed by atoms with E-state index < -0.39 is 5.60 Å². The van der Waals surface area contributed by atoms with Crippen molar-refractivity contribution in [3.8, 4) is 5.75 Å². The molecule has 1 unspecified atom stereocenters. The molecule has 202 valence electrons. The zero-order chi connectivity index (χ0) is 26.1. The van der Waals surface area contributed by atoms with Gasteiger partial charge in [-0.15, -0.1) is 0 Å². The van der Waals surface area contributed by atoms with Gasteiger partial charge in [-0.2, -0.15) is 0 Å². The topological polar surface area (TPSA) is 65.0 Å². The predicted octanol–water partition coefficient (Wildman–Crippen LogP) is 7.01. The Labute approximate surface area is 218 Å². The Morgan fingerprint density at radius 3 is 2.53 bits per heavy atom. The molecule has 5 nitrogen and oxygen atoms in total. The fourth-order valence-corrected chi connectivity index (χ4v) is 7.47. The van der Waals surface area contributed by atoms with Crippen molar-refractivity contribution < 1.29 is 24.1 Å². The van der Waals surface area contributed by atoms with Crippen LogP contribution in [-0.2, 0) is 14.3 Å². The van der Waals surface area contributed by atoms with Crippen molar-refractivity contribution >= 4 is 5.78 Å². The molecule has 6 atom stereocenters. The molecule has 2 saturated carbocycles. The van der Waals surface area contributed by atoms with Crippen LogP contribution in [0, 0.1) is 23.2 Å². The van der Waals surface area contributed by atoms with Crippen LogP contribution in [0.15, 0.2) is 24.3 Å². The minimum absolute atomic E-state index is 0.0133. The lowest BCUT2D eigenvalue weighted by molar-refractivity contribution is -0.130. The van der Waals surface area contributed by atoms with Crippen molar-refractivity contribution in [3.05, 3.63) is 29.8 Å². The molecule has 1 heterocycles. The number of hydrogen-bond acceptors (Lipinski definition) is 5. The summed E-state index contributed by atoms with van der Waals surface area (Å²) in [6, 6.07) is 7.93. The normalized spacial score (nSPS) is 32.9. The van der Waals surface area contributed by atoms with Crippen molar-refractivity contribution in [1.82, 2.24) is 0 Å². The van der Waals surface area contributed by atoms with E-state index in [0.717, 1.165) is 69.1 Å². The number of methoxy groups -OCH3 is 1. The fourth-order valence-electron chi connectivity index (χ4n) is 7.47. The maximum Gasteiger partial charge on any atom is 0.185 e. The molecule has 0 amide bonds. The molecule has 1 N–H and O–H groups in total. The summed E-state index contributed by atoms with van der Waals surface area (Å²) in [6.45, 7) is 10.5. The van der Waals surface area contributed by atoms with Crippen molar-refractivity contribution in [2.24, 2.45) is 23.2 Å². The second-order valence-electron chi connectivity index (χ2n) is 13.1. The molecular weight excluding hydrogens is 452 g/mol. The van der Waals surface area contributed by atoms with Crippen LogP contribution in [0.3, 0.4) is 0 Å². The van der Waals surface area contributed by atoms with Crippen LogP contribution in [-0.4, -0.2) is 35.3 Å². The van der Waals surface area contributed by atoms with Crippen LogP contribution in [0.25, 0.3) is 0 Å². The molecule has 36 heavy (non-hydrogen) atoms. The Kier molecular flexibility index (Phi) is 8.24. The van der Waals surface area contributed by atoms with Gasteiger partial charge in [-0.25, -0.2) is 0 Å². The third-order valence-electron chi connectivity index (χ3n) is 9.53. The molecule has 1 saturated heterocycles. The number of fused-ring (bicyclic) bond motifs is 1. The monoisotopic (exact) mass is 500 g/mol. The molecule has 3 fully saturated rings. The summed E-state index contributed by atoms with van der Waals surface area (Å²) in [5.74, 6) is 2.67. The van der Waals surface area contributed by atoms with E-state index >= 15 is 0 Å². The van der Waals surface area contributed by atoms with E-state index in [2.05, 4.69) is 20.8 Å². The largest absolute Gasteiger partial charge is 0.497 e. The standard InChI is InChI=1S/C31H48O5/c1-29(2,33)19-7-9-21(24-16-17-25-26(32)10-8-20-31(24,25)5)13-18-27-30(3,4)36-28(35-27)22-11-14-23(34-6)15-12-22/h11-12,14-15,21,24-25,27-28,33H,7-10,13,16-20H2,1-6H3/t21-,24+,25-,27+,28?,31+/m0/s1. The summed E-state index contributed by atoms with van der Waals surface area (Å²) in [5, 5.41) is 10.3. The Bertz CT molecular complexity index is 885. The van der Waals surface area contributed by atoms with Gasteiger partial charge in [0.1, 0.15) is 11.5 Å². The van der Waals surface area contributed by atoms with E-state index in [1.165, 1.54) is 6.42 Å². The zero-order valence-electron chi connectivity index (χ0n) is 23.3. The first-order valence-corrected chi connectivity index (χ1v) is 14.2. The van der Waals surface area contributed by atoms with Crippen molar-refractivity contribution in [2.45, 2.75) is 122 Å². The molecule has 1 aromatic carbocycles. The molecule has 5 heteroatoms. The second-order valence-corrected chi connectivity index (χ2v) is 13.1. The highest BCUT2D eigenvalue weighted by Gasteiger charge is 2.53. The Morgan fingerprint density at radius 2 is 1.86 bits per heavy atom. The highest BCUT2D eigenvalue weighted by molar-refractivity contribution is 5.83. The number of carbonyl (C=O) groups excluding carboxylic acids is 1. The van der Waals surface area contributed by atoms with Gasteiger partial charge in [-0.05, 0) is 102 Å². The van der Waals surface area contributed by atoms with Crippen LogP contribution >= 0.6 is 0 Å². The van der Waals surface area contributed by atoms with Gasteiger partial charge in [0.15, 0.2) is 6.29 Å². The lowest BCUT2D eigenvalue weighted by atomic mass is 9.61. The van der Waals surface area contributed by atoms with E-state index in [1.807, 2.05) is 38.1 Å².